The van der Waals surface area contributed by atoms with Gasteiger partial charge in [0, 0.05) is 22.4 Å². The van der Waals surface area contributed by atoms with E-state index >= 15 is 0 Å². The number of halogens is 1. The summed E-state index contributed by atoms with van der Waals surface area (Å²) in [6.45, 7) is 2.07. The number of benzene rings is 1. The first kappa shape index (κ1) is 16.1. The zero-order chi connectivity index (χ0) is 15.4. The van der Waals surface area contributed by atoms with Gasteiger partial charge in [0.2, 0.25) is 6.04 Å². The Morgan fingerprint density at radius 3 is 2.71 bits per heavy atom. The van der Waals surface area contributed by atoms with Gasteiger partial charge < -0.3 is 14.8 Å². The zero-order valence-corrected chi connectivity index (χ0v) is 13.2. The third-order valence-electron chi connectivity index (χ3n) is 3.66. The van der Waals surface area contributed by atoms with Crippen molar-refractivity contribution in [1.82, 2.24) is 5.32 Å². The van der Waals surface area contributed by atoms with Gasteiger partial charge in [-0.1, -0.05) is 35.0 Å². The number of hydrogen-bond donors (Lipinski definition) is 1. The molecular formula is C14H17BrN2O4. The van der Waals surface area contributed by atoms with Gasteiger partial charge in [0.25, 0.3) is 0 Å². The van der Waals surface area contributed by atoms with Crippen LogP contribution >= 0.6 is 15.9 Å². The number of nitrogens with one attached hydrogen (secondary N) is 1. The Hall–Kier alpha value is -1.31. The molecule has 4 atom stereocenters. The molecule has 0 amide bonds. The maximum atomic E-state index is 11.2. The van der Waals surface area contributed by atoms with Crippen molar-refractivity contribution in [2.24, 2.45) is 0 Å². The minimum atomic E-state index is -0.758. The van der Waals surface area contributed by atoms with E-state index < -0.39 is 24.3 Å². The van der Waals surface area contributed by atoms with Crippen molar-refractivity contribution in [1.29, 1.82) is 0 Å². The molecule has 0 spiro atoms. The molecule has 0 bridgehead atoms. The van der Waals surface area contributed by atoms with E-state index in [1.54, 1.807) is 6.92 Å². The van der Waals surface area contributed by atoms with Crippen LogP contribution in [0.4, 0.5) is 0 Å². The fourth-order valence-electron chi connectivity index (χ4n) is 2.57. The van der Waals surface area contributed by atoms with Gasteiger partial charge in [-0.2, -0.15) is 0 Å². The SMILES string of the molecule is CCC([C@H]1NC[C@H](C=O)O[C@H]1c1ccc(Br)cc1)[N+](=O)[O-]. The van der Waals surface area contributed by atoms with Crippen molar-refractivity contribution in [3.05, 3.63) is 44.4 Å². The predicted molar refractivity (Wildman–Crippen MR) is 80.7 cm³/mol. The molecule has 1 heterocycles. The van der Waals surface area contributed by atoms with Crippen LogP contribution in [0.15, 0.2) is 28.7 Å². The Morgan fingerprint density at radius 1 is 1.52 bits per heavy atom. The highest BCUT2D eigenvalue weighted by Gasteiger charge is 2.41. The van der Waals surface area contributed by atoms with E-state index in [1.165, 1.54) is 0 Å². The van der Waals surface area contributed by atoms with Crippen LogP contribution < -0.4 is 5.32 Å². The summed E-state index contributed by atoms with van der Waals surface area (Å²) in [6, 6.07) is 6.20. The lowest BCUT2D eigenvalue weighted by Crippen LogP contribution is -2.55. The van der Waals surface area contributed by atoms with Gasteiger partial charge >= 0.3 is 0 Å². The van der Waals surface area contributed by atoms with Gasteiger partial charge in [-0.05, 0) is 17.7 Å². The second-order valence-electron chi connectivity index (χ2n) is 4.98. The molecule has 2 rings (SSSR count). The van der Waals surface area contributed by atoms with E-state index in [9.17, 15) is 14.9 Å². The lowest BCUT2D eigenvalue weighted by molar-refractivity contribution is -0.530. The number of aldehydes is 1. The number of carbonyl (C=O) groups is 1. The molecule has 0 aromatic heterocycles. The van der Waals surface area contributed by atoms with Crippen LogP contribution in [0.3, 0.4) is 0 Å². The molecule has 0 radical (unpaired) electrons. The van der Waals surface area contributed by atoms with Crippen LogP contribution in [0.2, 0.25) is 0 Å². The van der Waals surface area contributed by atoms with Gasteiger partial charge in [0.1, 0.15) is 24.5 Å². The molecule has 114 valence electrons. The number of nitro groups is 1. The highest BCUT2D eigenvalue weighted by Crippen LogP contribution is 2.30. The first-order chi connectivity index (χ1) is 10.1. The molecule has 1 aliphatic rings. The zero-order valence-electron chi connectivity index (χ0n) is 11.6. The lowest BCUT2D eigenvalue weighted by Gasteiger charge is -2.36. The lowest BCUT2D eigenvalue weighted by atomic mass is 9.93. The highest BCUT2D eigenvalue weighted by atomic mass is 79.9. The molecule has 0 saturated carbocycles. The summed E-state index contributed by atoms with van der Waals surface area (Å²) >= 11 is 3.36. The van der Waals surface area contributed by atoms with Crippen molar-refractivity contribution < 1.29 is 14.5 Å². The van der Waals surface area contributed by atoms with Crippen LogP contribution in [0.1, 0.15) is 25.0 Å². The smallest absolute Gasteiger partial charge is 0.230 e. The molecule has 1 N–H and O–H groups in total. The summed E-state index contributed by atoms with van der Waals surface area (Å²) in [5, 5.41) is 14.4. The van der Waals surface area contributed by atoms with Crippen LogP contribution in [-0.2, 0) is 9.53 Å². The maximum absolute atomic E-state index is 11.2. The van der Waals surface area contributed by atoms with Crippen molar-refractivity contribution in [2.45, 2.75) is 37.6 Å². The molecule has 1 aromatic carbocycles. The monoisotopic (exact) mass is 356 g/mol. The summed E-state index contributed by atoms with van der Waals surface area (Å²) in [7, 11) is 0. The van der Waals surface area contributed by atoms with E-state index in [2.05, 4.69) is 21.2 Å². The standard InChI is InChI=1S/C14H17BrN2O4/c1-2-12(17(19)20)13-14(21-11(8-18)7-16-13)9-3-5-10(15)6-4-9/h3-6,8,11-14,16H,2,7H2,1H3/t11-,12?,13-,14+/m1/s1. The van der Waals surface area contributed by atoms with Crippen molar-refractivity contribution in [3.8, 4) is 0 Å². The van der Waals surface area contributed by atoms with Gasteiger partial charge in [-0.25, -0.2) is 0 Å². The summed E-state index contributed by atoms with van der Waals surface area (Å²) in [5.41, 5.74) is 0.822. The number of rotatable bonds is 5. The topological polar surface area (TPSA) is 81.5 Å². The van der Waals surface area contributed by atoms with E-state index in [-0.39, 0.29) is 4.92 Å². The molecule has 7 heteroatoms. The summed E-state index contributed by atoms with van der Waals surface area (Å²) in [6.07, 6.45) is 0.0196. The Labute approximate surface area is 131 Å². The third-order valence-corrected chi connectivity index (χ3v) is 4.18. The maximum Gasteiger partial charge on any atom is 0.230 e. The quantitative estimate of drug-likeness (QED) is 0.496. The van der Waals surface area contributed by atoms with E-state index in [1.807, 2.05) is 24.3 Å². The van der Waals surface area contributed by atoms with Crippen molar-refractivity contribution >= 4 is 22.2 Å². The molecule has 21 heavy (non-hydrogen) atoms. The molecule has 1 fully saturated rings. The predicted octanol–water partition coefficient (Wildman–Crippen LogP) is 2.10. The molecule has 1 saturated heterocycles. The summed E-state index contributed by atoms with van der Waals surface area (Å²) < 4.78 is 6.67. The average Bonchev–Trinajstić information content (AvgIpc) is 2.49. The molecule has 0 aliphatic carbocycles. The summed E-state index contributed by atoms with van der Waals surface area (Å²) in [5.74, 6) is 0. The number of hydrogen-bond acceptors (Lipinski definition) is 5. The van der Waals surface area contributed by atoms with Crippen molar-refractivity contribution in [3.63, 3.8) is 0 Å². The second-order valence-corrected chi connectivity index (χ2v) is 5.89. The molecular weight excluding hydrogens is 340 g/mol. The largest absolute Gasteiger partial charge is 0.360 e. The Kier molecular flexibility index (Phi) is 5.44. The fourth-order valence-corrected chi connectivity index (χ4v) is 2.84. The van der Waals surface area contributed by atoms with E-state index in [4.69, 9.17) is 4.74 Å². The molecule has 1 aromatic rings. The Bertz CT molecular complexity index is 508. The third kappa shape index (κ3) is 3.66. The van der Waals surface area contributed by atoms with Gasteiger partial charge in [0.15, 0.2) is 0 Å². The minimum Gasteiger partial charge on any atom is -0.360 e. The first-order valence-corrected chi connectivity index (χ1v) is 7.59. The Balaban J connectivity index is 2.30. The van der Waals surface area contributed by atoms with Crippen LogP contribution in [0.25, 0.3) is 0 Å². The number of nitrogens with zero attached hydrogens (tertiary/aromatic N) is 1. The molecule has 6 nitrogen and oxygen atoms in total. The first-order valence-electron chi connectivity index (χ1n) is 6.80. The summed E-state index contributed by atoms with van der Waals surface area (Å²) in [4.78, 5) is 21.9. The second kappa shape index (κ2) is 7.11. The van der Waals surface area contributed by atoms with Crippen LogP contribution in [-0.4, -0.2) is 35.9 Å². The van der Waals surface area contributed by atoms with Crippen molar-refractivity contribution in [2.75, 3.05) is 6.54 Å². The average molecular weight is 357 g/mol. The fraction of sp³-hybridized carbons (Fsp3) is 0.500. The minimum absolute atomic E-state index is 0.284. The van der Waals surface area contributed by atoms with Crippen LogP contribution in [0.5, 0.6) is 0 Å². The molecule has 1 aliphatic heterocycles. The van der Waals surface area contributed by atoms with Gasteiger partial charge in [-0.15, -0.1) is 0 Å². The normalized spacial score (nSPS) is 27.0. The van der Waals surface area contributed by atoms with Gasteiger partial charge in [-0.3, -0.25) is 10.1 Å². The van der Waals surface area contributed by atoms with Crippen LogP contribution in [0, 0.1) is 10.1 Å². The Morgan fingerprint density at radius 2 is 2.19 bits per heavy atom. The van der Waals surface area contributed by atoms with E-state index in [0.717, 1.165) is 16.3 Å². The molecule has 1 unspecified atom stereocenters. The number of carbonyl (C=O) groups excluding carboxylic acids is 1. The van der Waals surface area contributed by atoms with E-state index in [0.29, 0.717) is 13.0 Å². The van der Waals surface area contributed by atoms with Gasteiger partial charge in [0.05, 0.1) is 0 Å². The highest BCUT2D eigenvalue weighted by molar-refractivity contribution is 9.10. The number of morpholine rings is 1. The number of ether oxygens (including phenoxy) is 1.